The largest absolute Gasteiger partial charge is 0.296 e. The van der Waals surface area contributed by atoms with E-state index in [1.54, 1.807) is 28.8 Å². The van der Waals surface area contributed by atoms with Crippen LogP contribution in [0.3, 0.4) is 0 Å². The number of benzene rings is 1. The van der Waals surface area contributed by atoms with E-state index in [9.17, 15) is 8.42 Å². The van der Waals surface area contributed by atoms with Gasteiger partial charge in [0.2, 0.25) is 10.0 Å². The molecule has 1 aliphatic rings. The van der Waals surface area contributed by atoms with E-state index >= 15 is 0 Å². The third kappa shape index (κ3) is 4.45. The molecule has 0 bridgehead atoms. The lowest BCUT2D eigenvalue weighted by Crippen LogP contribution is -2.48. The van der Waals surface area contributed by atoms with Gasteiger partial charge in [-0.15, -0.1) is 0 Å². The summed E-state index contributed by atoms with van der Waals surface area (Å²) in [5.41, 5.74) is 2.39. The van der Waals surface area contributed by atoms with Crippen LogP contribution in [0, 0.1) is 0 Å². The highest BCUT2D eigenvalue weighted by molar-refractivity contribution is 7.89. The number of piperazine rings is 1. The maximum Gasteiger partial charge on any atom is 0.243 e. The molecule has 25 heavy (non-hydrogen) atoms. The highest BCUT2D eigenvalue weighted by Crippen LogP contribution is 2.19. The van der Waals surface area contributed by atoms with Crippen LogP contribution in [0.25, 0.3) is 0 Å². The third-order valence-corrected chi connectivity index (χ3v) is 6.50. The fourth-order valence-corrected chi connectivity index (χ4v) is 4.56. The summed E-state index contributed by atoms with van der Waals surface area (Å²) < 4.78 is 27.2. The number of sulfonamides is 1. The SMILES string of the molecule is CCCc1ccc(S(=O)(=O)N2CCN(Cc3ccncc3)CC2)cc1. The zero-order chi connectivity index (χ0) is 17.7. The van der Waals surface area contributed by atoms with Crippen molar-refractivity contribution in [2.24, 2.45) is 0 Å². The molecule has 1 saturated heterocycles. The third-order valence-electron chi connectivity index (χ3n) is 4.59. The van der Waals surface area contributed by atoms with E-state index in [0.29, 0.717) is 18.0 Å². The van der Waals surface area contributed by atoms with Crippen molar-refractivity contribution in [3.63, 3.8) is 0 Å². The van der Waals surface area contributed by atoms with Crippen molar-refractivity contribution in [1.29, 1.82) is 0 Å². The lowest BCUT2D eigenvalue weighted by atomic mass is 10.1. The van der Waals surface area contributed by atoms with E-state index in [1.807, 2.05) is 24.3 Å². The molecule has 134 valence electrons. The molecule has 0 radical (unpaired) electrons. The Kier molecular flexibility index (Phi) is 5.83. The zero-order valence-corrected chi connectivity index (χ0v) is 15.5. The summed E-state index contributed by atoms with van der Waals surface area (Å²) >= 11 is 0. The van der Waals surface area contributed by atoms with Gasteiger partial charge in [0.25, 0.3) is 0 Å². The summed E-state index contributed by atoms with van der Waals surface area (Å²) in [6.07, 6.45) is 5.62. The van der Waals surface area contributed by atoms with Gasteiger partial charge in [-0.05, 0) is 41.8 Å². The number of aromatic nitrogens is 1. The highest BCUT2D eigenvalue weighted by atomic mass is 32.2. The first-order valence-electron chi connectivity index (χ1n) is 8.80. The maximum absolute atomic E-state index is 12.8. The van der Waals surface area contributed by atoms with Crippen molar-refractivity contribution in [3.05, 3.63) is 59.9 Å². The van der Waals surface area contributed by atoms with Crippen LogP contribution in [0.2, 0.25) is 0 Å². The summed E-state index contributed by atoms with van der Waals surface area (Å²) in [5.74, 6) is 0. The Balaban J connectivity index is 1.61. The minimum absolute atomic E-state index is 0.398. The molecule has 1 aromatic heterocycles. The minimum atomic E-state index is -3.39. The Morgan fingerprint density at radius 2 is 1.56 bits per heavy atom. The van der Waals surface area contributed by atoms with Crippen molar-refractivity contribution in [2.45, 2.75) is 31.2 Å². The molecule has 0 unspecified atom stereocenters. The summed E-state index contributed by atoms with van der Waals surface area (Å²) in [4.78, 5) is 6.71. The summed E-state index contributed by atoms with van der Waals surface area (Å²) in [5, 5.41) is 0. The lowest BCUT2D eigenvalue weighted by Gasteiger charge is -2.34. The molecule has 0 atom stereocenters. The van der Waals surface area contributed by atoms with Crippen LogP contribution in [0.1, 0.15) is 24.5 Å². The molecule has 1 aromatic carbocycles. The second-order valence-corrected chi connectivity index (χ2v) is 8.37. The van der Waals surface area contributed by atoms with Crippen LogP contribution in [0.5, 0.6) is 0 Å². The Hall–Kier alpha value is -1.76. The van der Waals surface area contributed by atoms with Crippen LogP contribution < -0.4 is 0 Å². The second kappa shape index (κ2) is 8.08. The monoisotopic (exact) mass is 359 g/mol. The topological polar surface area (TPSA) is 53.5 Å². The van der Waals surface area contributed by atoms with Gasteiger partial charge in [-0.2, -0.15) is 4.31 Å². The van der Waals surface area contributed by atoms with Gasteiger partial charge >= 0.3 is 0 Å². The molecule has 1 aliphatic heterocycles. The van der Waals surface area contributed by atoms with Crippen LogP contribution in [0.4, 0.5) is 0 Å². The standard InChI is InChI=1S/C19H25N3O2S/c1-2-3-17-4-6-19(7-5-17)25(23,24)22-14-12-21(13-15-22)16-18-8-10-20-11-9-18/h4-11H,2-3,12-16H2,1H3. The molecule has 2 heterocycles. The van der Waals surface area contributed by atoms with Gasteiger partial charge in [0.15, 0.2) is 0 Å². The van der Waals surface area contributed by atoms with Gasteiger partial charge in [-0.1, -0.05) is 25.5 Å². The van der Waals surface area contributed by atoms with Crippen LogP contribution in [-0.4, -0.2) is 48.8 Å². The van der Waals surface area contributed by atoms with Gasteiger partial charge in [0.05, 0.1) is 4.90 Å². The van der Waals surface area contributed by atoms with E-state index in [2.05, 4.69) is 16.8 Å². The molecular formula is C19H25N3O2S. The highest BCUT2D eigenvalue weighted by Gasteiger charge is 2.28. The summed E-state index contributed by atoms with van der Waals surface area (Å²) in [6, 6.07) is 11.3. The Labute approximate surface area is 150 Å². The summed E-state index contributed by atoms with van der Waals surface area (Å²) in [7, 11) is -3.39. The fraction of sp³-hybridized carbons (Fsp3) is 0.421. The van der Waals surface area contributed by atoms with Gasteiger partial charge in [0.1, 0.15) is 0 Å². The normalized spacial score (nSPS) is 16.8. The summed E-state index contributed by atoms with van der Waals surface area (Å²) in [6.45, 7) is 5.51. The molecule has 0 spiro atoms. The Bertz CT molecular complexity index is 768. The average molecular weight is 359 g/mol. The number of aryl methyl sites for hydroxylation is 1. The van der Waals surface area contributed by atoms with Crippen LogP contribution >= 0.6 is 0 Å². The Morgan fingerprint density at radius 1 is 0.920 bits per heavy atom. The molecule has 0 amide bonds. The lowest BCUT2D eigenvalue weighted by molar-refractivity contribution is 0.181. The van der Waals surface area contributed by atoms with Gasteiger partial charge < -0.3 is 0 Å². The van der Waals surface area contributed by atoms with Gasteiger partial charge in [-0.25, -0.2) is 8.42 Å². The first-order chi connectivity index (χ1) is 12.1. The van der Waals surface area contributed by atoms with Crippen molar-refractivity contribution in [1.82, 2.24) is 14.2 Å². The first kappa shape index (κ1) is 18.0. The Morgan fingerprint density at radius 3 is 2.16 bits per heavy atom. The first-order valence-corrected chi connectivity index (χ1v) is 10.2. The molecule has 0 N–H and O–H groups in total. The van der Waals surface area contributed by atoms with Crippen molar-refractivity contribution >= 4 is 10.0 Å². The second-order valence-electron chi connectivity index (χ2n) is 6.43. The molecule has 0 aliphatic carbocycles. The molecule has 0 saturated carbocycles. The number of nitrogens with zero attached hydrogens (tertiary/aromatic N) is 3. The number of hydrogen-bond acceptors (Lipinski definition) is 4. The quantitative estimate of drug-likeness (QED) is 0.795. The predicted molar refractivity (Wildman–Crippen MR) is 98.7 cm³/mol. The molecular weight excluding hydrogens is 334 g/mol. The van der Waals surface area contributed by atoms with E-state index in [4.69, 9.17) is 0 Å². The van der Waals surface area contributed by atoms with Gasteiger partial charge in [-0.3, -0.25) is 9.88 Å². The van der Waals surface area contributed by atoms with Crippen molar-refractivity contribution in [3.8, 4) is 0 Å². The van der Waals surface area contributed by atoms with Crippen LogP contribution in [0.15, 0.2) is 53.7 Å². The minimum Gasteiger partial charge on any atom is -0.296 e. The molecule has 3 rings (SSSR count). The van der Waals surface area contributed by atoms with E-state index in [-0.39, 0.29) is 0 Å². The molecule has 5 nitrogen and oxygen atoms in total. The predicted octanol–water partition coefficient (Wildman–Crippen LogP) is 2.54. The van der Waals surface area contributed by atoms with E-state index in [1.165, 1.54) is 11.1 Å². The maximum atomic E-state index is 12.8. The smallest absolute Gasteiger partial charge is 0.243 e. The van der Waals surface area contributed by atoms with E-state index < -0.39 is 10.0 Å². The fourth-order valence-electron chi connectivity index (χ4n) is 3.14. The average Bonchev–Trinajstić information content (AvgIpc) is 2.64. The van der Waals surface area contributed by atoms with Crippen LogP contribution in [-0.2, 0) is 23.0 Å². The molecule has 1 fully saturated rings. The van der Waals surface area contributed by atoms with Crippen molar-refractivity contribution in [2.75, 3.05) is 26.2 Å². The number of hydrogen-bond donors (Lipinski definition) is 0. The number of pyridine rings is 1. The van der Waals surface area contributed by atoms with Crippen molar-refractivity contribution < 1.29 is 8.42 Å². The zero-order valence-electron chi connectivity index (χ0n) is 14.6. The molecule has 2 aromatic rings. The molecule has 6 heteroatoms. The van der Waals surface area contributed by atoms with E-state index in [0.717, 1.165) is 32.5 Å². The number of rotatable bonds is 6. The van der Waals surface area contributed by atoms with Gasteiger partial charge in [0, 0.05) is 45.1 Å².